The molecular weight excluding hydrogens is 172 g/mol. The fourth-order valence-corrected chi connectivity index (χ4v) is 0.340. The van der Waals surface area contributed by atoms with E-state index in [1.165, 1.54) is 0 Å². The summed E-state index contributed by atoms with van der Waals surface area (Å²) in [5, 5.41) is 0. The average molecular weight is 175 g/mol. The van der Waals surface area contributed by atoms with Crippen molar-refractivity contribution in [2.24, 2.45) is 0 Å². The summed E-state index contributed by atoms with van der Waals surface area (Å²) in [5.74, 6) is -4.96. The van der Waals surface area contributed by atoms with Crippen molar-refractivity contribution in [2.75, 3.05) is 5.88 Å². The number of alkyl halides is 4. The minimum absolute atomic E-state index is 0.932. The zero-order chi connectivity index (χ0) is 8.36. The summed E-state index contributed by atoms with van der Waals surface area (Å²) in [6.45, 7) is 0. The van der Waals surface area contributed by atoms with Gasteiger partial charge in [-0.1, -0.05) is 0 Å². The molecule has 0 bridgehead atoms. The van der Waals surface area contributed by atoms with Crippen molar-refractivity contribution in [1.82, 2.24) is 0 Å². The second kappa shape index (κ2) is 3.01. The Kier molecular flexibility index (Phi) is 2.83. The Hall–Kier alpha value is -0.580. The van der Waals surface area contributed by atoms with Crippen LogP contribution in [0.25, 0.3) is 0 Å². The number of carbonyl (C=O) groups is 2. The van der Waals surface area contributed by atoms with Gasteiger partial charge in [-0.25, -0.2) is 0 Å². The van der Waals surface area contributed by atoms with Gasteiger partial charge in [0.1, 0.15) is 0 Å². The molecule has 0 fully saturated rings. The maximum absolute atomic E-state index is 11.3. The van der Waals surface area contributed by atoms with E-state index in [4.69, 9.17) is 0 Å². The van der Waals surface area contributed by atoms with E-state index in [0.717, 1.165) is 0 Å². The second-order valence-electron chi connectivity index (χ2n) is 1.38. The smallest absolute Gasteiger partial charge is 0.289 e. The van der Waals surface area contributed by atoms with Gasteiger partial charge < -0.3 is 0 Å². The van der Waals surface area contributed by atoms with Crippen LogP contribution in [0.1, 0.15) is 0 Å². The largest absolute Gasteiger partial charge is 0.458 e. The van der Waals surface area contributed by atoms with E-state index in [1.54, 1.807) is 0 Å². The number of hydrogen-bond donors (Lipinski definition) is 0. The van der Waals surface area contributed by atoms with Gasteiger partial charge in [0, 0.05) is 0 Å². The van der Waals surface area contributed by atoms with Crippen molar-refractivity contribution < 1.29 is 22.8 Å². The molecule has 0 aliphatic rings. The molecule has 0 aromatic rings. The van der Waals surface area contributed by atoms with Crippen LogP contribution >= 0.6 is 11.6 Å². The molecule has 0 saturated carbocycles. The minimum atomic E-state index is -5.09. The molecule has 2 nitrogen and oxygen atoms in total. The highest BCUT2D eigenvalue weighted by atomic mass is 35.5. The SMILES string of the molecule is O=C(CCl)C(=O)C(F)(F)F. The van der Waals surface area contributed by atoms with Crippen LogP contribution in [0.2, 0.25) is 0 Å². The zero-order valence-electron chi connectivity index (χ0n) is 4.54. The normalized spacial score (nSPS) is 11.2. The van der Waals surface area contributed by atoms with Crippen molar-refractivity contribution in [3.05, 3.63) is 0 Å². The summed E-state index contributed by atoms with van der Waals surface area (Å²) in [7, 11) is 0. The molecule has 0 spiro atoms. The maximum atomic E-state index is 11.3. The number of ketones is 2. The number of halogens is 4. The molecule has 0 aromatic heterocycles. The first-order valence-electron chi connectivity index (χ1n) is 2.10. The van der Waals surface area contributed by atoms with E-state index >= 15 is 0 Å². The van der Waals surface area contributed by atoms with Crippen LogP contribution < -0.4 is 0 Å². The van der Waals surface area contributed by atoms with Crippen molar-refractivity contribution >= 4 is 23.2 Å². The second-order valence-corrected chi connectivity index (χ2v) is 1.65. The average Bonchev–Trinajstić information content (AvgIpc) is 1.83. The van der Waals surface area contributed by atoms with Crippen molar-refractivity contribution in [3.63, 3.8) is 0 Å². The molecule has 0 aliphatic carbocycles. The summed E-state index contributed by atoms with van der Waals surface area (Å²) < 4.78 is 33.8. The predicted octanol–water partition coefficient (Wildman–Crippen LogP) is 0.926. The van der Waals surface area contributed by atoms with Gasteiger partial charge in [0.2, 0.25) is 5.78 Å². The quantitative estimate of drug-likeness (QED) is 0.461. The lowest BCUT2D eigenvalue weighted by atomic mass is 10.3. The summed E-state index contributed by atoms with van der Waals surface area (Å²) in [6.07, 6.45) is -5.09. The third-order valence-electron chi connectivity index (χ3n) is 0.632. The van der Waals surface area contributed by atoms with E-state index < -0.39 is 23.6 Å². The molecule has 0 unspecified atom stereocenters. The maximum Gasteiger partial charge on any atom is 0.458 e. The lowest BCUT2D eigenvalue weighted by Crippen LogP contribution is -2.31. The van der Waals surface area contributed by atoms with E-state index in [-0.39, 0.29) is 0 Å². The molecule has 0 amide bonds. The van der Waals surface area contributed by atoms with Gasteiger partial charge in [0.25, 0.3) is 0 Å². The van der Waals surface area contributed by atoms with Crippen LogP contribution in [-0.2, 0) is 9.59 Å². The fourth-order valence-electron chi connectivity index (χ4n) is 0.219. The van der Waals surface area contributed by atoms with Crippen LogP contribution in [-0.4, -0.2) is 23.6 Å². The lowest BCUT2D eigenvalue weighted by Gasteiger charge is -1.99. The molecule has 0 rings (SSSR count). The van der Waals surface area contributed by atoms with Gasteiger partial charge in [0.15, 0.2) is 0 Å². The van der Waals surface area contributed by atoms with Gasteiger partial charge in [-0.15, -0.1) is 11.6 Å². The Bertz CT molecular complexity index is 162. The predicted molar refractivity (Wildman–Crippen MR) is 26.8 cm³/mol. The van der Waals surface area contributed by atoms with Crippen molar-refractivity contribution in [1.29, 1.82) is 0 Å². The van der Waals surface area contributed by atoms with Gasteiger partial charge in [0.05, 0.1) is 5.88 Å². The van der Waals surface area contributed by atoms with Crippen LogP contribution in [0.15, 0.2) is 0 Å². The molecule has 0 saturated heterocycles. The first-order valence-corrected chi connectivity index (χ1v) is 2.63. The fraction of sp³-hybridized carbons (Fsp3) is 0.500. The molecule has 0 atom stereocenters. The van der Waals surface area contributed by atoms with Gasteiger partial charge >= 0.3 is 12.0 Å². The Morgan fingerprint density at radius 1 is 1.30 bits per heavy atom. The molecule has 0 aliphatic heterocycles. The Balaban J connectivity index is 4.24. The zero-order valence-corrected chi connectivity index (χ0v) is 5.29. The Morgan fingerprint density at radius 2 is 1.70 bits per heavy atom. The Morgan fingerprint density at radius 3 is 1.80 bits per heavy atom. The molecule has 10 heavy (non-hydrogen) atoms. The third-order valence-corrected chi connectivity index (χ3v) is 0.875. The van der Waals surface area contributed by atoms with Crippen molar-refractivity contribution in [3.8, 4) is 0 Å². The minimum Gasteiger partial charge on any atom is -0.289 e. The third kappa shape index (κ3) is 2.34. The monoisotopic (exact) mass is 174 g/mol. The molecule has 0 N–H and O–H groups in total. The topological polar surface area (TPSA) is 34.1 Å². The summed E-state index contributed by atoms with van der Waals surface area (Å²) in [6, 6.07) is 0. The van der Waals surface area contributed by atoms with Crippen LogP contribution in [0.5, 0.6) is 0 Å². The molecule has 0 radical (unpaired) electrons. The van der Waals surface area contributed by atoms with Gasteiger partial charge in [-0.2, -0.15) is 13.2 Å². The van der Waals surface area contributed by atoms with E-state index in [1.807, 2.05) is 0 Å². The highest BCUT2D eigenvalue weighted by Crippen LogP contribution is 2.16. The van der Waals surface area contributed by atoms with Gasteiger partial charge in [-0.05, 0) is 0 Å². The Labute approximate surface area is 59.0 Å². The molecule has 0 heterocycles. The van der Waals surface area contributed by atoms with Crippen LogP contribution in [0, 0.1) is 0 Å². The van der Waals surface area contributed by atoms with Gasteiger partial charge in [-0.3, -0.25) is 9.59 Å². The number of hydrogen-bond acceptors (Lipinski definition) is 2. The van der Waals surface area contributed by atoms with Crippen LogP contribution in [0.4, 0.5) is 13.2 Å². The highest BCUT2D eigenvalue weighted by Gasteiger charge is 2.42. The van der Waals surface area contributed by atoms with Crippen LogP contribution in [0.3, 0.4) is 0 Å². The first-order chi connectivity index (χ1) is 4.39. The molecular formula is C4H2ClF3O2. The molecule has 58 valence electrons. The lowest BCUT2D eigenvalue weighted by molar-refractivity contribution is -0.173. The number of Topliss-reactive ketones (excluding diaryl/α,β-unsaturated/α-hetero) is 2. The number of carbonyl (C=O) groups excluding carboxylic acids is 2. The standard InChI is InChI=1S/C4H2ClF3O2/c5-1-2(9)3(10)4(6,7)8/h1H2. The van der Waals surface area contributed by atoms with E-state index in [0.29, 0.717) is 0 Å². The summed E-state index contributed by atoms with van der Waals surface area (Å²) >= 11 is 4.68. The first kappa shape index (κ1) is 9.42. The summed E-state index contributed by atoms with van der Waals surface area (Å²) in [4.78, 5) is 19.8. The number of rotatable bonds is 2. The molecule has 0 aromatic carbocycles. The highest BCUT2D eigenvalue weighted by molar-refractivity contribution is 6.48. The van der Waals surface area contributed by atoms with E-state index in [9.17, 15) is 22.8 Å². The summed E-state index contributed by atoms with van der Waals surface area (Å²) in [5.41, 5.74) is 0. The van der Waals surface area contributed by atoms with E-state index in [2.05, 4.69) is 11.6 Å². The molecule has 6 heteroatoms. The van der Waals surface area contributed by atoms with Crippen molar-refractivity contribution in [2.45, 2.75) is 6.18 Å².